The summed E-state index contributed by atoms with van der Waals surface area (Å²) in [7, 11) is -0.899. The molecule has 0 atom stereocenters. The van der Waals surface area contributed by atoms with Crippen LogP contribution in [0.25, 0.3) is 0 Å². The number of carbonyl (C=O) groups is 1. The van der Waals surface area contributed by atoms with Gasteiger partial charge < -0.3 is 9.64 Å². The summed E-state index contributed by atoms with van der Waals surface area (Å²) in [4.78, 5) is 13.4. The number of rotatable bonds is 5. The number of hydrogen-bond donors (Lipinski definition) is 1. The fraction of sp³-hybridized carbons (Fsp3) is 0.562. The van der Waals surface area contributed by atoms with Crippen LogP contribution in [0.1, 0.15) is 24.8 Å². The Balaban J connectivity index is 2.32. The van der Waals surface area contributed by atoms with Crippen molar-refractivity contribution in [2.24, 2.45) is 0 Å². The lowest BCUT2D eigenvalue weighted by Gasteiger charge is -2.40. The Morgan fingerprint density at radius 3 is 2.54 bits per heavy atom. The normalized spacial score (nSPS) is 18.3. The molecule has 0 aliphatic carbocycles. The number of methoxy groups -OCH3 is 1. The molecule has 1 fully saturated rings. The van der Waals surface area contributed by atoms with E-state index in [-0.39, 0.29) is 6.42 Å². The third-order valence-electron chi connectivity index (χ3n) is 4.38. The zero-order chi connectivity index (χ0) is 18.0. The Labute approximate surface area is 142 Å². The summed E-state index contributed by atoms with van der Waals surface area (Å²) >= 11 is 0. The van der Waals surface area contributed by atoms with Crippen LogP contribution >= 0.6 is 0 Å². The maximum Gasteiger partial charge on any atom is 0.307 e. The topological polar surface area (TPSA) is 75.7 Å². The van der Waals surface area contributed by atoms with Crippen molar-refractivity contribution in [3.05, 3.63) is 29.6 Å². The van der Waals surface area contributed by atoms with Crippen molar-refractivity contribution >= 4 is 16.0 Å². The number of sulfonamides is 1. The lowest BCUT2D eigenvalue weighted by atomic mass is 9.86. The molecule has 1 aromatic rings. The molecule has 24 heavy (non-hydrogen) atoms. The van der Waals surface area contributed by atoms with Crippen molar-refractivity contribution < 1.29 is 22.3 Å². The number of nitrogens with zero attached hydrogens (tertiary/aromatic N) is 1. The highest BCUT2D eigenvalue weighted by Gasteiger charge is 2.40. The van der Waals surface area contributed by atoms with Crippen LogP contribution in [-0.2, 0) is 19.6 Å². The van der Waals surface area contributed by atoms with E-state index in [2.05, 4.69) is 9.62 Å². The van der Waals surface area contributed by atoms with Crippen LogP contribution in [0.15, 0.2) is 23.1 Å². The molecule has 134 valence electrons. The molecule has 0 saturated carbocycles. The van der Waals surface area contributed by atoms with Gasteiger partial charge >= 0.3 is 5.97 Å². The standard InChI is InChI=1S/C16H23FN2O4S/c1-12-4-5-14(13(17)10-12)24(21,22)18-16(11-15(20)23-3)6-8-19(2)9-7-16/h4-5,10,18H,6-9,11H2,1-3H3. The maximum atomic E-state index is 14.1. The summed E-state index contributed by atoms with van der Waals surface area (Å²) in [5.41, 5.74) is -0.328. The largest absolute Gasteiger partial charge is 0.469 e. The van der Waals surface area contributed by atoms with Crippen molar-refractivity contribution in [1.82, 2.24) is 9.62 Å². The van der Waals surface area contributed by atoms with Gasteiger partial charge in [0.1, 0.15) is 10.7 Å². The first kappa shape index (κ1) is 18.8. The number of carbonyl (C=O) groups excluding carboxylic acids is 1. The van der Waals surface area contributed by atoms with Crippen molar-refractivity contribution in [3.63, 3.8) is 0 Å². The average Bonchev–Trinajstić information content (AvgIpc) is 2.49. The van der Waals surface area contributed by atoms with Crippen LogP contribution in [0.4, 0.5) is 4.39 Å². The first-order valence-electron chi connectivity index (χ1n) is 7.73. The van der Waals surface area contributed by atoms with Gasteiger partial charge in [-0.05, 0) is 57.6 Å². The molecule has 0 spiro atoms. The number of aryl methyl sites for hydroxylation is 1. The zero-order valence-corrected chi connectivity index (χ0v) is 15.0. The summed E-state index contributed by atoms with van der Waals surface area (Å²) < 4.78 is 46.7. The van der Waals surface area contributed by atoms with Crippen LogP contribution in [0.2, 0.25) is 0 Å². The summed E-state index contributed by atoms with van der Waals surface area (Å²) in [5.74, 6) is -1.30. The SMILES string of the molecule is COC(=O)CC1(NS(=O)(=O)c2ccc(C)cc2F)CCN(C)CC1. The highest BCUT2D eigenvalue weighted by molar-refractivity contribution is 7.89. The molecule has 1 heterocycles. The molecule has 0 radical (unpaired) electrons. The number of ether oxygens (including phenoxy) is 1. The van der Waals surface area contributed by atoms with Gasteiger partial charge in [-0.1, -0.05) is 6.07 Å². The van der Waals surface area contributed by atoms with E-state index < -0.39 is 32.2 Å². The number of hydrogen-bond acceptors (Lipinski definition) is 5. The second kappa shape index (κ2) is 7.16. The van der Waals surface area contributed by atoms with Crippen molar-refractivity contribution in [3.8, 4) is 0 Å². The molecule has 1 N–H and O–H groups in total. The molecule has 0 amide bonds. The summed E-state index contributed by atoms with van der Waals surface area (Å²) in [6.07, 6.45) is 0.820. The molecule has 1 aromatic carbocycles. The summed E-state index contributed by atoms with van der Waals surface area (Å²) in [6, 6.07) is 3.96. The van der Waals surface area contributed by atoms with Crippen LogP contribution in [0.3, 0.4) is 0 Å². The Kier molecular flexibility index (Phi) is 5.62. The first-order chi connectivity index (χ1) is 11.2. The van der Waals surface area contributed by atoms with Crippen LogP contribution in [0, 0.1) is 12.7 Å². The average molecular weight is 358 g/mol. The molecule has 2 rings (SSSR count). The number of likely N-dealkylation sites (tertiary alicyclic amines) is 1. The molecule has 0 unspecified atom stereocenters. The first-order valence-corrected chi connectivity index (χ1v) is 9.21. The monoisotopic (exact) mass is 358 g/mol. The maximum absolute atomic E-state index is 14.1. The third-order valence-corrected chi connectivity index (χ3v) is 5.99. The van der Waals surface area contributed by atoms with Crippen LogP contribution in [0.5, 0.6) is 0 Å². The smallest absolute Gasteiger partial charge is 0.307 e. The van der Waals surface area contributed by atoms with Gasteiger partial charge in [0.05, 0.1) is 13.5 Å². The minimum Gasteiger partial charge on any atom is -0.469 e. The molecule has 1 saturated heterocycles. The van der Waals surface area contributed by atoms with Gasteiger partial charge in [0, 0.05) is 5.54 Å². The van der Waals surface area contributed by atoms with E-state index in [0.717, 1.165) is 0 Å². The van der Waals surface area contributed by atoms with E-state index in [1.54, 1.807) is 13.0 Å². The molecule has 1 aliphatic rings. The number of benzene rings is 1. The van der Waals surface area contributed by atoms with E-state index in [9.17, 15) is 17.6 Å². The molecule has 0 bridgehead atoms. The number of nitrogens with one attached hydrogen (secondary N) is 1. The van der Waals surface area contributed by atoms with Crippen LogP contribution in [-0.4, -0.2) is 52.1 Å². The molecule has 0 aromatic heterocycles. The van der Waals surface area contributed by atoms with E-state index in [1.807, 2.05) is 7.05 Å². The van der Waals surface area contributed by atoms with Crippen molar-refractivity contribution in [2.45, 2.75) is 36.6 Å². The molecular weight excluding hydrogens is 335 g/mol. The van der Waals surface area contributed by atoms with Gasteiger partial charge in [-0.3, -0.25) is 4.79 Å². The quantitative estimate of drug-likeness (QED) is 0.806. The van der Waals surface area contributed by atoms with Crippen molar-refractivity contribution in [2.75, 3.05) is 27.2 Å². The molecule has 6 nitrogen and oxygen atoms in total. The zero-order valence-electron chi connectivity index (χ0n) is 14.1. The van der Waals surface area contributed by atoms with Gasteiger partial charge in [-0.25, -0.2) is 17.5 Å². The Bertz CT molecular complexity index is 713. The third kappa shape index (κ3) is 4.31. The summed E-state index contributed by atoms with van der Waals surface area (Å²) in [5, 5.41) is 0. The predicted molar refractivity (Wildman–Crippen MR) is 87.6 cm³/mol. The number of halogens is 1. The fourth-order valence-corrected chi connectivity index (χ4v) is 4.39. The molecular formula is C16H23FN2O4S. The van der Waals surface area contributed by atoms with E-state index >= 15 is 0 Å². The van der Waals surface area contributed by atoms with Gasteiger partial charge in [-0.15, -0.1) is 0 Å². The summed E-state index contributed by atoms with van der Waals surface area (Å²) in [6.45, 7) is 2.95. The fourth-order valence-electron chi connectivity index (χ4n) is 2.87. The Morgan fingerprint density at radius 2 is 2.00 bits per heavy atom. The van der Waals surface area contributed by atoms with Gasteiger partial charge in [0.2, 0.25) is 10.0 Å². The number of piperidine rings is 1. The van der Waals surface area contributed by atoms with Gasteiger partial charge in [0.25, 0.3) is 0 Å². The lowest BCUT2D eigenvalue weighted by molar-refractivity contribution is -0.142. The minimum absolute atomic E-state index is 0.0793. The Morgan fingerprint density at radius 1 is 1.38 bits per heavy atom. The molecule has 1 aliphatic heterocycles. The number of esters is 1. The van der Waals surface area contributed by atoms with Gasteiger partial charge in [0.15, 0.2) is 0 Å². The minimum atomic E-state index is -4.09. The highest BCUT2D eigenvalue weighted by atomic mass is 32.2. The van der Waals surface area contributed by atoms with Crippen molar-refractivity contribution in [1.29, 1.82) is 0 Å². The second-order valence-corrected chi connectivity index (χ2v) is 8.03. The second-order valence-electron chi connectivity index (χ2n) is 6.38. The van der Waals surface area contributed by atoms with Crippen LogP contribution < -0.4 is 4.72 Å². The van der Waals surface area contributed by atoms with Gasteiger partial charge in [-0.2, -0.15) is 0 Å². The van der Waals surface area contributed by atoms with E-state index in [4.69, 9.17) is 4.74 Å². The van der Waals surface area contributed by atoms with E-state index in [0.29, 0.717) is 31.5 Å². The molecule has 8 heteroatoms. The lowest BCUT2D eigenvalue weighted by Crippen LogP contribution is -2.55. The Hall–Kier alpha value is -1.51. The van der Waals surface area contributed by atoms with E-state index in [1.165, 1.54) is 19.2 Å². The predicted octanol–water partition coefficient (Wildman–Crippen LogP) is 1.44. The highest BCUT2D eigenvalue weighted by Crippen LogP contribution is 2.29.